The summed E-state index contributed by atoms with van der Waals surface area (Å²) in [6.45, 7) is 4.33. The van der Waals surface area contributed by atoms with E-state index in [1.54, 1.807) is 11.3 Å². The number of rotatable bonds is 3. The number of fused-ring (bicyclic) bond motifs is 3. The number of nitrogens with one attached hydrogen (secondary N) is 1. The summed E-state index contributed by atoms with van der Waals surface area (Å²) in [5, 5.41) is 3.26. The summed E-state index contributed by atoms with van der Waals surface area (Å²) in [7, 11) is 0. The zero-order chi connectivity index (χ0) is 20.0. The lowest BCUT2D eigenvalue weighted by Crippen LogP contribution is -2.41. The molecule has 4 nitrogen and oxygen atoms in total. The van der Waals surface area contributed by atoms with Gasteiger partial charge in [0, 0.05) is 23.4 Å². The van der Waals surface area contributed by atoms with Crippen molar-refractivity contribution in [3.8, 4) is 11.3 Å². The molecule has 2 atom stereocenters. The topological polar surface area (TPSA) is 46.4 Å². The van der Waals surface area contributed by atoms with Crippen LogP contribution < -0.4 is 5.32 Å². The van der Waals surface area contributed by atoms with Gasteiger partial charge in [-0.3, -0.25) is 9.20 Å². The number of amides is 1. The zero-order valence-corrected chi connectivity index (χ0v) is 17.6. The van der Waals surface area contributed by atoms with Crippen molar-refractivity contribution in [1.82, 2.24) is 14.7 Å². The van der Waals surface area contributed by atoms with Gasteiger partial charge in [-0.2, -0.15) is 0 Å². The number of thiazole rings is 1. The number of hydrogen-bond donors (Lipinski definition) is 1. The van der Waals surface area contributed by atoms with Gasteiger partial charge in [-0.05, 0) is 43.9 Å². The third-order valence-electron chi connectivity index (χ3n) is 6.13. The highest BCUT2D eigenvalue weighted by Crippen LogP contribution is 2.30. The minimum absolute atomic E-state index is 0.0389. The fourth-order valence-corrected chi connectivity index (χ4v) is 5.34. The number of aryl methyl sites for hydroxylation is 1. The monoisotopic (exact) mass is 403 g/mol. The number of carbonyl (C=O) groups excluding carboxylic acids is 1. The molecule has 5 rings (SSSR count). The highest BCUT2D eigenvalue weighted by molar-refractivity contribution is 7.23. The van der Waals surface area contributed by atoms with E-state index in [1.165, 1.54) is 24.8 Å². The normalized spacial score (nSPS) is 19.7. The van der Waals surface area contributed by atoms with E-state index >= 15 is 0 Å². The van der Waals surface area contributed by atoms with E-state index < -0.39 is 0 Å². The van der Waals surface area contributed by atoms with Crippen molar-refractivity contribution in [3.05, 3.63) is 59.8 Å². The van der Waals surface area contributed by atoms with E-state index in [4.69, 9.17) is 4.98 Å². The molecule has 4 aromatic rings. The molecule has 1 amide bonds. The maximum atomic E-state index is 12.8. The van der Waals surface area contributed by atoms with Gasteiger partial charge in [-0.1, -0.05) is 60.9 Å². The molecule has 0 bridgehead atoms. The molecule has 1 fully saturated rings. The van der Waals surface area contributed by atoms with Crippen LogP contribution >= 0.6 is 11.3 Å². The second-order valence-corrected chi connectivity index (χ2v) is 9.28. The van der Waals surface area contributed by atoms with Gasteiger partial charge in [0.2, 0.25) is 0 Å². The van der Waals surface area contributed by atoms with Crippen molar-refractivity contribution in [2.75, 3.05) is 0 Å². The van der Waals surface area contributed by atoms with Gasteiger partial charge in [0.25, 0.3) is 5.91 Å². The number of benzene rings is 2. The summed E-state index contributed by atoms with van der Waals surface area (Å²) in [5.74, 6) is 0.596. The van der Waals surface area contributed by atoms with Crippen LogP contribution in [0.4, 0.5) is 0 Å². The smallest absolute Gasteiger partial charge is 0.251 e. The number of hydrogen-bond acceptors (Lipinski definition) is 3. The first kappa shape index (κ1) is 18.4. The molecule has 1 N–H and O–H groups in total. The Morgan fingerprint density at radius 3 is 2.72 bits per heavy atom. The summed E-state index contributed by atoms with van der Waals surface area (Å²) < 4.78 is 3.22. The maximum Gasteiger partial charge on any atom is 0.251 e. The van der Waals surface area contributed by atoms with Crippen LogP contribution in [0.5, 0.6) is 0 Å². The van der Waals surface area contributed by atoms with Gasteiger partial charge in [0.15, 0.2) is 4.96 Å². The highest BCUT2D eigenvalue weighted by atomic mass is 32.1. The van der Waals surface area contributed by atoms with Crippen LogP contribution in [0.1, 0.15) is 48.5 Å². The Kier molecular flexibility index (Phi) is 4.63. The quantitative estimate of drug-likeness (QED) is 0.467. The average Bonchev–Trinajstić information content (AvgIpc) is 3.27. The average molecular weight is 404 g/mol. The van der Waals surface area contributed by atoms with E-state index in [1.807, 2.05) is 18.2 Å². The van der Waals surface area contributed by atoms with Gasteiger partial charge in [-0.25, -0.2) is 4.98 Å². The maximum absolute atomic E-state index is 12.8. The van der Waals surface area contributed by atoms with Gasteiger partial charge in [0.05, 0.1) is 15.9 Å². The van der Waals surface area contributed by atoms with Crippen molar-refractivity contribution in [3.63, 3.8) is 0 Å². The Hall–Kier alpha value is -2.66. The SMILES string of the molecule is Cc1ccc(-c2cn3c(n2)sc2cc(C(=O)N[C@H]4CCCC[C@@H]4C)ccc23)cc1. The number of carbonyl (C=O) groups is 1. The lowest BCUT2D eigenvalue weighted by atomic mass is 9.86. The summed E-state index contributed by atoms with van der Waals surface area (Å²) in [5.41, 5.74) is 5.18. The molecule has 29 heavy (non-hydrogen) atoms. The van der Waals surface area contributed by atoms with Gasteiger partial charge >= 0.3 is 0 Å². The van der Waals surface area contributed by atoms with E-state index in [2.05, 4.69) is 54.0 Å². The molecule has 1 aliphatic carbocycles. The Labute approximate surface area is 174 Å². The summed E-state index contributed by atoms with van der Waals surface area (Å²) in [4.78, 5) is 18.6. The first-order chi connectivity index (χ1) is 14.1. The molecule has 0 aliphatic heterocycles. The standard InChI is InChI=1S/C24H25N3OS/c1-15-7-9-17(10-8-15)20-14-27-21-12-11-18(13-22(21)29-24(27)26-20)23(28)25-19-6-4-3-5-16(19)2/h7-14,16,19H,3-6H2,1-2H3,(H,25,28)/t16-,19-/m0/s1. The van der Waals surface area contributed by atoms with Crippen molar-refractivity contribution >= 4 is 32.4 Å². The van der Waals surface area contributed by atoms with Crippen molar-refractivity contribution in [1.29, 1.82) is 0 Å². The zero-order valence-electron chi connectivity index (χ0n) is 16.8. The van der Waals surface area contributed by atoms with Crippen LogP contribution in [0.25, 0.3) is 26.4 Å². The molecule has 148 valence electrons. The third kappa shape index (κ3) is 3.44. The number of imidazole rings is 1. The summed E-state index contributed by atoms with van der Waals surface area (Å²) in [6, 6.07) is 14.7. The second kappa shape index (κ2) is 7.30. The fourth-order valence-electron chi connectivity index (χ4n) is 4.29. The lowest BCUT2D eigenvalue weighted by Gasteiger charge is -2.29. The molecule has 0 unspecified atom stereocenters. The highest BCUT2D eigenvalue weighted by Gasteiger charge is 2.23. The van der Waals surface area contributed by atoms with Crippen LogP contribution in [-0.4, -0.2) is 21.3 Å². The van der Waals surface area contributed by atoms with E-state index in [9.17, 15) is 4.79 Å². The van der Waals surface area contributed by atoms with Crippen LogP contribution in [0.2, 0.25) is 0 Å². The molecule has 0 radical (unpaired) electrons. The lowest BCUT2D eigenvalue weighted by molar-refractivity contribution is 0.0910. The van der Waals surface area contributed by atoms with Crippen LogP contribution in [-0.2, 0) is 0 Å². The molecule has 1 saturated carbocycles. The van der Waals surface area contributed by atoms with E-state index in [0.717, 1.165) is 38.4 Å². The predicted octanol–water partition coefficient (Wildman–Crippen LogP) is 5.83. The van der Waals surface area contributed by atoms with Gasteiger partial charge in [0.1, 0.15) is 0 Å². The molecular weight excluding hydrogens is 378 g/mol. The Morgan fingerprint density at radius 2 is 1.93 bits per heavy atom. The summed E-state index contributed by atoms with van der Waals surface area (Å²) in [6.07, 6.45) is 6.86. The van der Waals surface area contributed by atoms with Crippen molar-refractivity contribution in [2.45, 2.75) is 45.6 Å². The Bertz CT molecular complexity index is 1190. The first-order valence-electron chi connectivity index (χ1n) is 10.4. The van der Waals surface area contributed by atoms with E-state index in [-0.39, 0.29) is 5.91 Å². The molecule has 0 saturated heterocycles. The molecule has 2 aromatic heterocycles. The predicted molar refractivity (Wildman–Crippen MR) is 120 cm³/mol. The van der Waals surface area contributed by atoms with Crippen LogP contribution in [0, 0.1) is 12.8 Å². The molecule has 0 spiro atoms. The second-order valence-electron chi connectivity index (χ2n) is 8.27. The van der Waals surface area contributed by atoms with Gasteiger partial charge in [-0.15, -0.1) is 0 Å². The minimum Gasteiger partial charge on any atom is -0.349 e. The van der Waals surface area contributed by atoms with Crippen molar-refractivity contribution < 1.29 is 4.79 Å². The molecule has 5 heteroatoms. The van der Waals surface area contributed by atoms with Gasteiger partial charge < -0.3 is 5.32 Å². The summed E-state index contributed by atoms with van der Waals surface area (Å²) >= 11 is 1.63. The number of aromatic nitrogens is 2. The molecule has 2 heterocycles. The largest absolute Gasteiger partial charge is 0.349 e. The minimum atomic E-state index is 0.0389. The van der Waals surface area contributed by atoms with E-state index in [0.29, 0.717) is 12.0 Å². The van der Waals surface area contributed by atoms with Crippen LogP contribution in [0.15, 0.2) is 48.7 Å². The first-order valence-corrected chi connectivity index (χ1v) is 11.2. The Morgan fingerprint density at radius 1 is 1.14 bits per heavy atom. The van der Waals surface area contributed by atoms with Crippen molar-refractivity contribution in [2.24, 2.45) is 5.92 Å². The Balaban J connectivity index is 1.43. The molecular formula is C24H25N3OS. The van der Waals surface area contributed by atoms with Crippen LogP contribution in [0.3, 0.4) is 0 Å². The third-order valence-corrected chi connectivity index (χ3v) is 7.15. The number of nitrogens with zero attached hydrogens (tertiary/aromatic N) is 2. The molecule has 2 aromatic carbocycles. The molecule has 1 aliphatic rings. The fraction of sp³-hybridized carbons (Fsp3) is 0.333.